The molecule has 1 atom stereocenters. The highest BCUT2D eigenvalue weighted by Gasteiger charge is 2.24. The smallest absolute Gasteiger partial charge is 0.214 e. The molecular formula is C14H22FN3. The number of hydrogen-bond donors (Lipinski definition) is 0. The van der Waals surface area contributed by atoms with Crippen LogP contribution in [0.4, 0.5) is 10.2 Å². The van der Waals surface area contributed by atoms with Crippen LogP contribution in [-0.2, 0) is 0 Å². The molecule has 0 spiro atoms. The summed E-state index contributed by atoms with van der Waals surface area (Å²) < 4.78 is 13.1. The molecule has 1 aromatic heterocycles. The van der Waals surface area contributed by atoms with Crippen LogP contribution in [0.2, 0.25) is 0 Å². The van der Waals surface area contributed by atoms with Gasteiger partial charge in [0.15, 0.2) is 0 Å². The minimum atomic E-state index is -0.390. The van der Waals surface area contributed by atoms with Crippen LogP contribution >= 0.6 is 0 Å². The fraction of sp³-hybridized carbons (Fsp3) is 0.643. The second kappa shape index (κ2) is 6.14. The van der Waals surface area contributed by atoms with Gasteiger partial charge in [-0.15, -0.1) is 0 Å². The van der Waals surface area contributed by atoms with Crippen molar-refractivity contribution >= 4 is 5.82 Å². The predicted molar refractivity (Wildman–Crippen MR) is 72.3 cm³/mol. The lowest BCUT2D eigenvalue weighted by atomic mass is 10.1. The van der Waals surface area contributed by atoms with Gasteiger partial charge in [0, 0.05) is 19.6 Å². The summed E-state index contributed by atoms with van der Waals surface area (Å²) in [6.45, 7) is 6.45. The van der Waals surface area contributed by atoms with Gasteiger partial charge in [0.25, 0.3) is 0 Å². The Morgan fingerprint density at radius 2 is 2.33 bits per heavy atom. The summed E-state index contributed by atoms with van der Waals surface area (Å²) in [6.07, 6.45) is 2.37. The van der Waals surface area contributed by atoms with E-state index in [9.17, 15) is 4.39 Å². The van der Waals surface area contributed by atoms with Gasteiger partial charge in [-0.2, -0.15) is 4.39 Å². The molecule has 1 saturated heterocycles. The number of halogens is 1. The highest BCUT2D eigenvalue weighted by Crippen LogP contribution is 2.22. The lowest BCUT2D eigenvalue weighted by molar-refractivity contribution is 0.287. The first-order valence-corrected chi connectivity index (χ1v) is 6.75. The van der Waals surface area contributed by atoms with Crippen LogP contribution in [0.25, 0.3) is 0 Å². The number of nitrogens with zero attached hydrogens (tertiary/aromatic N) is 3. The summed E-state index contributed by atoms with van der Waals surface area (Å²) in [5.74, 6) is 1.06. The van der Waals surface area contributed by atoms with Crippen molar-refractivity contribution in [2.75, 3.05) is 38.1 Å². The van der Waals surface area contributed by atoms with Gasteiger partial charge >= 0.3 is 0 Å². The summed E-state index contributed by atoms with van der Waals surface area (Å²) >= 11 is 0. The average Bonchev–Trinajstić information content (AvgIpc) is 2.78. The van der Waals surface area contributed by atoms with Gasteiger partial charge in [-0.25, -0.2) is 4.98 Å². The molecule has 18 heavy (non-hydrogen) atoms. The Morgan fingerprint density at radius 1 is 1.50 bits per heavy atom. The Bertz CT molecular complexity index is 383. The zero-order chi connectivity index (χ0) is 13.0. The molecule has 1 aromatic rings. The third-order valence-electron chi connectivity index (χ3n) is 3.49. The molecular weight excluding hydrogens is 229 g/mol. The van der Waals surface area contributed by atoms with E-state index in [0.29, 0.717) is 5.92 Å². The zero-order valence-electron chi connectivity index (χ0n) is 11.3. The van der Waals surface area contributed by atoms with Crippen LogP contribution in [0, 0.1) is 11.9 Å². The van der Waals surface area contributed by atoms with E-state index in [1.165, 1.54) is 18.9 Å². The molecule has 0 aliphatic carbocycles. The molecule has 0 aromatic carbocycles. The van der Waals surface area contributed by atoms with Crippen LogP contribution < -0.4 is 4.90 Å². The average molecular weight is 251 g/mol. The Labute approximate surface area is 109 Å². The first-order valence-electron chi connectivity index (χ1n) is 6.75. The molecule has 100 valence electrons. The van der Waals surface area contributed by atoms with E-state index in [1.54, 1.807) is 6.07 Å². The first-order chi connectivity index (χ1) is 8.69. The third-order valence-corrected chi connectivity index (χ3v) is 3.49. The lowest BCUT2D eigenvalue weighted by Crippen LogP contribution is -2.29. The monoisotopic (exact) mass is 251 g/mol. The Kier molecular flexibility index (Phi) is 4.53. The molecule has 0 amide bonds. The number of pyridine rings is 1. The molecule has 1 fully saturated rings. The van der Waals surface area contributed by atoms with Crippen molar-refractivity contribution in [3.63, 3.8) is 0 Å². The summed E-state index contributed by atoms with van der Waals surface area (Å²) in [6, 6.07) is 5.02. The molecule has 2 rings (SSSR count). The quantitative estimate of drug-likeness (QED) is 0.749. The van der Waals surface area contributed by atoms with Crippen LogP contribution in [0.3, 0.4) is 0 Å². The summed E-state index contributed by atoms with van der Waals surface area (Å²) in [5.41, 5.74) is 0. The SMILES string of the molecule is CCCN(C)CC1CCN(c2cccc(F)n2)C1. The molecule has 2 heterocycles. The molecule has 0 N–H and O–H groups in total. The van der Waals surface area contributed by atoms with Crippen molar-refractivity contribution < 1.29 is 4.39 Å². The van der Waals surface area contributed by atoms with Crippen LogP contribution in [-0.4, -0.2) is 43.1 Å². The molecule has 1 unspecified atom stereocenters. The lowest BCUT2D eigenvalue weighted by Gasteiger charge is -2.21. The van der Waals surface area contributed by atoms with E-state index < -0.39 is 0 Å². The van der Waals surface area contributed by atoms with E-state index in [2.05, 4.69) is 28.8 Å². The van der Waals surface area contributed by atoms with Gasteiger partial charge in [-0.3, -0.25) is 0 Å². The highest BCUT2D eigenvalue weighted by molar-refractivity contribution is 5.39. The predicted octanol–water partition coefficient (Wildman–Crippen LogP) is 2.39. The molecule has 1 aliphatic heterocycles. The third kappa shape index (κ3) is 3.42. The maximum atomic E-state index is 13.1. The minimum absolute atomic E-state index is 0.390. The van der Waals surface area contributed by atoms with Gasteiger partial charge in [-0.1, -0.05) is 13.0 Å². The van der Waals surface area contributed by atoms with Crippen molar-refractivity contribution in [2.45, 2.75) is 19.8 Å². The van der Waals surface area contributed by atoms with Crippen molar-refractivity contribution in [1.82, 2.24) is 9.88 Å². The number of rotatable bonds is 5. The normalized spacial score (nSPS) is 19.8. The molecule has 0 radical (unpaired) electrons. The van der Waals surface area contributed by atoms with Gasteiger partial charge in [-0.05, 0) is 44.5 Å². The highest BCUT2D eigenvalue weighted by atomic mass is 19.1. The molecule has 3 nitrogen and oxygen atoms in total. The van der Waals surface area contributed by atoms with Crippen LogP contribution in [0.1, 0.15) is 19.8 Å². The summed E-state index contributed by atoms with van der Waals surface area (Å²) in [4.78, 5) is 8.52. The molecule has 4 heteroatoms. The van der Waals surface area contributed by atoms with Crippen molar-refractivity contribution in [3.8, 4) is 0 Å². The van der Waals surface area contributed by atoms with Crippen molar-refractivity contribution in [2.24, 2.45) is 5.92 Å². The van der Waals surface area contributed by atoms with Gasteiger partial charge in [0.1, 0.15) is 5.82 Å². The van der Waals surface area contributed by atoms with Gasteiger partial charge in [0.05, 0.1) is 0 Å². The van der Waals surface area contributed by atoms with E-state index in [4.69, 9.17) is 0 Å². The second-order valence-corrected chi connectivity index (χ2v) is 5.18. The molecule has 1 aliphatic rings. The van der Waals surface area contributed by atoms with E-state index in [1.807, 2.05) is 6.07 Å². The van der Waals surface area contributed by atoms with Crippen LogP contribution in [0.5, 0.6) is 0 Å². The Hall–Kier alpha value is -1.16. The zero-order valence-corrected chi connectivity index (χ0v) is 11.3. The Balaban J connectivity index is 1.88. The maximum absolute atomic E-state index is 13.1. The maximum Gasteiger partial charge on any atom is 0.214 e. The second-order valence-electron chi connectivity index (χ2n) is 5.18. The topological polar surface area (TPSA) is 19.4 Å². The van der Waals surface area contributed by atoms with Crippen molar-refractivity contribution in [1.29, 1.82) is 0 Å². The van der Waals surface area contributed by atoms with Crippen molar-refractivity contribution in [3.05, 3.63) is 24.1 Å². The minimum Gasteiger partial charge on any atom is -0.356 e. The first kappa shape index (κ1) is 13.3. The summed E-state index contributed by atoms with van der Waals surface area (Å²) in [7, 11) is 2.17. The molecule has 0 bridgehead atoms. The Morgan fingerprint density at radius 3 is 3.06 bits per heavy atom. The summed E-state index contributed by atoms with van der Waals surface area (Å²) in [5, 5.41) is 0. The number of hydrogen-bond acceptors (Lipinski definition) is 3. The fourth-order valence-corrected chi connectivity index (χ4v) is 2.68. The molecule has 0 saturated carbocycles. The number of anilines is 1. The van der Waals surface area contributed by atoms with Gasteiger partial charge < -0.3 is 9.80 Å². The van der Waals surface area contributed by atoms with Gasteiger partial charge in [0.2, 0.25) is 5.95 Å². The van der Waals surface area contributed by atoms with E-state index >= 15 is 0 Å². The number of aromatic nitrogens is 1. The standard InChI is InChI=1S/C14H22FN3/c1-3-8-17(2)10-12-7-9-18(11-12)14-6-4-5-13(15)16-14/h4-6,12H,3,7-11H2,1-2H3. The van der Waals surface area contributed by atoms with Crippen LogP contribution in [0.15, 0.2) is 18.2 Å². The van der Waals surface area contributed by atoms with E-state index in [-0.39, 0.29) is 5.95 Å². The largest absolute Gasteiger partial charge is 0.356 e. The van der Waals surface area contributed by atoms with E-state index in [0.717, 1.165) is 32.0 Å². The fourth-order valence-electron chi connectivity index (χ4n) is 2.68.